The van der Waals surface area contributed by atoms with Gasteiger partial charge in [0.1, 0.15) is 0 Å². The average molecular weight is 239 g/mol. The van der Waals surface area contributed by atoms with Gasteiger partial charge in [-0.25, -0.2) is 0 Å². The summed E-state index contributed by atoms with van der Waals surface area (Å²) in [4.78, 5) is 13.8. The van der Waals surface area contributed by atoms with Crippen molar-refractivity contribution in [2.45, 2.75) is 6.18 Å². The molecule has 17 heavy (non-hydrogen) atoms. The van der Waals surface area contributed by atoms with Crippen LogP contribution in [0.25, 0.3) is 11.1 Å². The minimum absolute atomic E-state index is 0.0143. The molecule has 0 saturated heterocycles. The van der Waals surface area contributed by atoms with Crippen LogP contribution in [-0.4, -0.2) is 4.98 Å². The van der Waals surface area contributed by atoms with Crippen molar-refractivity contribution in [1.29, 1.82) is 0 Å². The van der Waals surface area contributed by atoms with Crippen LogP contribution < -0.4 is 5.56 Å². The molecule has 0 amide bonds. The Morgan fingerprint density at radius 1 is 0.941 bits per heavy atom. The largest absolute Gasteiger partial charge is 0.417 e. The number of pyridine rings is 1. The molecule has 0 aliphatic carbocycles. The van der Waals surface area contributed by atoms with Gasteiger partial charge in [0.2, 0.25) is 0 Å². The van der Waals surface area contributed by atoms with Crippen molar-refractivity contribution in [3.63, 3.8) is 0 Å². The molecule has 2 rings (SSSR count). The van der Waals surface area contributed by atoms with Crippen LogP contribution in [0, 0.1) is 0 Å². The van der Waals surface area contributed by atoms with Crippen LogP contribution in [-0.2, 0) is 6.18 Å². The van der Waals surface area contributed by atoms with Crippen LogP contribution in [0.2, 0.25) is 0 Å². The third-order valence-corrected chi connectivity index (χ3v) is 2.34. The summed E-state index contributed by atoms with van der Waals surface area (Å²) in [6.45, 7) is 0. The second kappa shape index (κ2) is 4.08. The molecule has 0 bridgehead atoms. The highest BCUT2D eigenvalue weighted by molar-refractivity contribution is 5.66. The molecule has 0 spiro atoms. The van der Waals surface area contributed by atoms with Gasteiger partial charge in [-0.05, 0) is 23.8 Å². The zero-order valence-corrected chi connectivity index (χ0v) is 8.58. The quantitative estimate of drug-likeness (QED) is 0.815. The van der Waals surface area contributed by atoms with E-state index in [9.17, 15) is 18.0 Å². The molecule has 88 valence electrons. The molecule has 0 fully saturated rings. The van der Waals surface area contributed by atoms with E-state index in [1.165, 1.54) is 36.5 Å². The summed E-state index contributed by atoms with van der Waals surface area (Å²) < 4.78 is 38.3. The smallest absolute Gasteiger partial charge is 0.329 e. The summed E-state index contributed by atoms with van der Waals surface area (Å²) >= 11 is 0. The monoisotopic (exact) mass is 239 g/mol. The Morgan fingerprint density at radius 2 is 1.59 bits per heavy atom. The minimum Gasteiger partial charge on any atom is -0.329 e. The van der Waals surface area contributed by atoms with Gasteiger partial charge in [0.05, 0.1) is 5.56 Å². The number of aromatic amines is 1. The maximum atomic E-state index is 12.8. The lowest BCUT2D eigenvalue weighted by molar-refractivity contribution is -0.137. The first-order chi connectivity index (χ1) is 8.00. The molecule has 1 heterocycles. The molecule has 0 aliphatic heterocycles. The van der Waals surface area contributed by atoms with E-state index in [1.54, 1.807) is 0 Å². The van der Waals surface area contributed by atoms with E-state index in [2.05, 4.69) is 4.98 Å². The van der Waals surface area contributed by atoms with Crippen molar-refractivity contribution >= 4 is 0 Å². The van der Waals surface area contributed by atoms with Crippen LogP contribution in [0.5, 0.6) is 0 Å². The van der Waals surface area contributed by atoms with Gasteiger partial charge < -0.3 is 4.98 Å². The SMILES string of the molecule is O=c1[nH]cccc1-c1ccccc1C(F)(F)F. The van der Waals surface area contributed by atoms with Crippen molar-refractivity contribution in [2.24, 2.45) is 0 Å². The van der Waals surface area contributed by atoms with E-state index >= 15 is 0 Å². The first kappa shape index (κ1) is 11.4. The average Bonchev–Trinajstić information content (AvgIpc) is 2.28. The third kappa shape index (κ3) is 2.22. The molecule has 2 nitrogen and oxygen atoms in total. The molecule has 0 saturated carbocycles. The number of hydrogen-bond acceptors (Lipinski definition) is 1. The lowest BCUT2D eigenvalue weighted by atomic mass is 10.0. The number of H-pyrrole nitrogens is 1. The number of alkyl halides is 3. The summed E-state index contributed by atoms with van der Waals surface area (Å²) in [7, 11) is 0. The first-order valence-electron chi connectivity index (χ1n) is 4.84. The third-order valence-electron chi connectivity index (χ3n) is 2.34. The maximum Gasteiger partial charge on any atom is 0.417 e. The fraction of sp³-hybridized carbons (Fsp3) is 0.0833. The molecule has 0 unspecified atom stereocenters. The van der Waals surface area contributed by atoms with Gasteiger partial charge in [-0.1, -0.05) is 18.2 Å². The second-order valence-corrected chi connectivity index (χ2v) is 3.46. The van der Waals surface area contributed by atoms with Crippen LogP contribution in [0.15, 0.2) is 47.4 Å². The van der Waals surface area contributed by atoms with Crippen molar-refractivity contribution < 1.29 is 13.2 Å². The van der Waals surface area contributed by atoms with E-state index in [0.29, 0.717) is 0 Å². The number of rotatable bonds is 1. The standard InChI is InChI=1S/C12H8F3NO/c13-12(14,15)10-6-2-1-4-8(10)9-5-3-7-16-11(9)17/h1-7H,(H,16,17). The van der Waals surface area contributed by atoms with Crippen molar-refractivity contribution in [1.82, 2.24) is 4.98 Å². The molecule has 5 heteroatoms. The molecule has 1 aromatic carbocycles. The second-order valence-electron chi connectivity index (χ2n) is 3.46. The molecule has 1 N–H and O–H groups in total. The van der Waals surface area contributed by atoms with Crippen LogP contribution >= 0.6 is 0 Å². The Morgan fingerprint density at radius 3 is 2.24 bits per heavy atom. The Labute approximate surface area is 94.7 Å². The van der Waals surface area contributed by atoms with Gasteiger partial charge in [0.25, 0.3) is 5.56 Å². The van der Waals surface area contributed by atoms with E-state index < -0.39 is 17.3 Å². The Hall–Kier alpha value is -2.04. The zero-order chi connectivity index (χ0) is 12.5. The van der Waals surface area contributed by atoms with Gasteiger partial charge in [-0.3, -0.25) is 4.79 Å². The molecule has 0 aliphatic rings. The highest BCUT2D eigenvalue weighted by atomic mass is 19.4. The fourth-order valence-electron chi connectivity index (χ4n) is 1.60. The van der Waals surface area contributed by atoms with Gasteiger partial charge in [0, 0.05) is 11.8 Å². The van der Waals surface area contributed by atoms with Gasteiger partial charge >= 0.3 is 6.18 Å². The number of hydrogen-bond donors (Lipinski definition) is 1. The lowest BCUT2D eigenvalue weighted by Crippen LogP contribution is -2.12. The number of nitrogens with one attached hydrogen (secondary N) is 1. The fourth-order valence-corrected chi connectivity index (χ4v) is 1.60. The highest BCUT2D eigenvalue weighted by Gasteiger charge is 2.33. The van der Waals surface area contributed by atoms with Gasteiger partial charge in [-0.15, -0.1) is 0 Å². The van der Waals surface area contributed by atoms with Gasteiger partial charge in [-0.2, -0.15) is 13.2 Å². The van der Waals surface area contributed by atoms with E-state index in [0.717, 1.165) is 6.07 Å². The molecule has 0 atom stereocenters. The maximum absolute atomic E-state index is 12.8. The topological polar surface area (TPSA) is 32.9 Å². The predicted molar refractivity (Wildman–Crippen MR) is 57.5 cm³/mol. The molecule has 0 radical (unpaired) electrons. The lowest BCUT2D eigenvalue weighted by Gasteiger charge is -2.11. The summed E-state index contributed by atoms with van der Waals surface area (Å²) in [5, 5.41) is 0. The zero-order valence-electron chi connectivity index (χ0n) is 8.58. The number of aromatic nitrogens is 1. The van der Waals surface area contributed by atoms with Crippen molar-refractivity contribution in [3.05, 3.63) is 58.5 Å². The van der Waals surface area contributed by atoms with Gasteiger partial charge in [0.15, 0.2) is 0 Å². The molecule has 1 aromatic heterocycles. The normalized spacial score (nSPS) is 11.5. The molecule has 2 aromatic rings. The highest BCUT2D eigenvalue weighted by Crippen LogP contribution is 2.35. The first-order valence-corrected chi connectivity index (χ1v) is 4.84. The van der Waals surface area contributed by atoms with Crippen LogP contribution in [0.4, 0.5) is 13.2 Å². The van der Waals surface area contributed by atoms with E-state index in [-0.39, 0.29) is 11.1 Å². The minimum atomic E-state index is -4.47. The van der Waals surface area contributed by atoms with Crippen molar-refractivity contribution in [2.75, 3.05) is 0 Å². The summed E-state index contributed by atoms with van der Waals surface area (Å²) in [5.41, 5.74) is -1.44. The molecular formula is C12H8F3NO. The van der Waals surface area contributed by atoms with Crippen LogP contribution in [0.3, 0.4) is 0 Å². The Bertz CT molecular complexity index is 587. The summed E-state index contributed by atoms with van der Waals surface area (Å²) in [5.74, 6) is 0. The predicted octanol–water partition coefficient (Wildman–Crippen LogP) is 3.06. The summed E-state index contributed by atoms with van der Waals surface area (Å²) in [6.07, 6.45) is -3.10. The number of benzene rings is 1. The Balaban J connectivity index is 2.69. The summed E-state index contributed by atoms with van der Waals surface area (Å²) in [6, 6.07) is 7.86. The van der Waals surface area contributed by atoms with E-state index in [1.807, 2.05) is 0 Å². The van der Waals surface area contributed by atoms with E-state index in [4.69, 9.17) is 0 Å². The molecular weight excluding hydrogens is 231 g/mol. The van der Waals surface area contributed by atoms with Crippen molar-refractivity contribution in [3.8, 4) is 11.1 Å². The Kier molecular flexibility index (Phi) is 2.75. The number of halogens is 3. The van der Waals surface area contributed by atoms with Crippen LogP contribution in [0.1, 0.15) is 5.56 Å².